The number of hydrogen-bond acceptors (Lipinski definition) is 5. The number of anilines is 1. The molecule has 0 radical (unpaired) electrons. The third-order valence-corrected chi connectivity index (χ3v) is 5.12. The highest BCUT2D eigenvalue weighted by Gasteiger charge is 2.31. The van der Waals surface area contributed by atoms with Crippen LogP contribution in [0.5, 0.6) is 5.75 Å². The highest BCUT2D eigenvalue weighted by Crippen LogP contribution is 2.31. The van der Waals surface area contributed by atoms with E-state index in [0.29, 0.717) is 37.6 Å². The number of esters is 1. The first-order valence-corrected chi connectivity index (χ1v) is 10.3. The van der Waals surface area contributed by atoms with Crippen molar-refractivity contribution in [1.29, 1.82) is 0 Å². The van der Waals surface area contributed by atoms with Gasteiger partial charge in [0.15, 0.2) is 6.61 Å². The van der Waals surface area contributed by atoms with E-state index in [2.05, 4.69) is 0 Å². The number of rotatable bonds is 7. The zero-order valence-electron chi connectivity index (χ0n) is 17.7. The second kappa shape index (κ2) is 10.4. The molecule has 1 heterocycles. The van der Waals surface area contributed by atoms with Crippen molar-refractivity contribution in [1.82, 2.24) is 4.90 Å². The van der Waals surface area contributed by atoms with Gasteiger partial charge in [-0.05, 0) is 37.3 Å². The summed E-state index contributed by atoms with van der Waals surface area (Å²) in [6.07, 6.45) is -4.38. The second-order valence-electron chi connectivity index (χ2n) is 7.49. The van der Waals surface area contributed by atoms with Gasteiger partial charge in [-0.1, -0.05) is 23.8 Å². The largest absolute Gasteiger partial charge is 0.493 e. The van der Waals surface area contributed by atoms with E-state index in [9.17, 15) is 22.8 Å². The van der Waals surface area contributed by atoms with E-state index in [0.717, 1.165) is 17.7 Å². The summed E-state index contributed by atoms with van der Waals surface area (Å²) < 4.78 is 49.2. The summed E-state index contributed by atoms with van der Waals surface area (Å²) in [7, 11) is 0. The van der Waals surface area contributed by atoms with Crippen LogP contribution in [-0.2, 0) is 20.5 Å². The van der Waals surface area contributed by atoms with Crippen LogP contribution < -0.4 is 9.64 Å². The lowest BCUT2D eigenvalue weighted by Crippen LogP contribution is -2.50. The lowest BCUT2D eigenvalue weighted by molar-refractivity contribution is -0.152. The molecule has 3 rings (SSSR count). The molecule has 1 saturated heterocycles. The first-order valence-electron chi connectivity index (χ1n) is 10.3. The number of amides is 1. The lowest BCUT2D eigenvalue weighted by Gasteiger charge is -2.36. The molecule has 1 aliphatic heterocycles. The zero-order chi connectivity index (χ0) is 23.1. The first kappa shape index (κ1) is 23.4. The van der Waals surface area contributed by atoms with Crippen molar-refractivity contribution in [2.75, 3.05) is 44.3 Å². The van der Waals surface area contributed by atoms with Gasteiger partial charge in [0.25, 0.3) is 5.91 Å². The number of hydrogen-bond donors (Lipinski definition) is 0. The van der Waals surface area contributed by atoms with Crippen LogP contribution in [0.4, 0.5) is 18.9 Å². The summed E-state index contributed by atoms with van der Waals surface area (Å²) in [5.74, 6) is -0.215. The predicted molar refractivity (Wildman–Crippen MR) is 112 cm³/mol. The number of alkyl halides is 3. The van der Waals surface area contributed by atoms with Gasteiger partial charge in [0, 0.05) is 31.9 Å². The van der Waals surface area contributed by atoms with Gasteiger partial charge in [0.05, 0.1) is 18.6 Å². The number of ether oxygens (including phenoxy) is 2. The Balaban J connectivity index is 1.38. The Labute approximate surface area is 184 Å². The van der Waals surface area contributed by atoms with E-state index in [-0.39, 0.29) is 25.5 Å². The molecule has 32 heavy (non-hydrogen) atoms. The summed E-state index contributed by atoms with van der Waals surface area (Å²) in [6, 6.07) is 12.6. The van der Waals surface area contributed by atoms with Gasteiger partial charge in [-0.15, -0.1) is 0 Å². The number of benzene rings is 2. The average molecular weight is 450 g/mol. The van der Waals surface area contributed by atoms with Gasteiger partial charge in [-0.2, -0.15) is 13.2 Å². The molecule has 0 bridgehead atoms. The van der Waals surface area contributed by atoms with Crippen molar-refractivity contribution in [3.63, 3.8) is 0 Å². The van der Waals surface area contributed by atoms with Gasteiger partial charge in [0.1, 0.15) is 5.75 Å². The van der Waals surface area contributed by atoms with Crippen LogP contribution >= 0.6 is 0 Å². The van der Waals surface area contributed by atoms with Crippen molar-refractivity contribution in [2.24, 2.45) is 0 Å². The highest BCUT2D eigenvalue weighted by atomic mass is 19.4. The van der Waals surface area contributed by atoms with E-state index in [1.54, 1.807) is 15.9 Å². The summed E-state index contributed by atoms with van der Waals surface area (Å²) in [4.78, 5) is 27.5. The Bertz CT molecular complexity index is 924. The Morgan fingerprint density at radius 1 is 1.00 bits per heavy atom. The van der Waals surface area contributed by atoms with Crippen LogP contribution in [0.25, 0.3) is 0 Å². The molecule has 6 nitrogen and oxygen atoms in total. The molecule has 1 fully saturated rings. The van der Waals surface area contributed by atoms with Crippen molar-refractivity contribution in [3.8, 4) is 5.75 Å². The van der Waals surface area contributed by atoms with E-state index in [4.69, 9.17) is 9.47 Å². The monoisotopic (exact) mass is 450 g/mol. The third kappa shape index (κ3) is 6.63. The minimum absolute atomic E-state index is 0.0183. The molecule has 2 aromatic rings. The van der Waals surface area contributed by atoms with Crippen molar-refractivity contribution in [3.05, 3.63) is 59.7 Å². The van der Waals surface area contributed by atoms with E-state index in [1.807, 2.05) is 31.2 Å². The topological polar surface area (TPSA) is 59.1 Å². The van der Waals surface area contributed by atoms with E-state index in [1.165, 1.54) is 6.07 Å². The molecule has 0 unspecified atom stereocenters. The Hall–Kier alpha value is -3.23. The minimum atomic E-state index is -4.40. The molecule has 0 aliphatic carbocycles. The highest BCUT2D eigenvalue weighted by molar-refractivity contribution is 5.81. The molecule has 0 spiro atoms. The van der Waals surface area contributed by atoms with E-state index < -0.39 is 17.7 Å². The van der Waals surface area contributed by atoms with Crippen LogP contribution in [0.15, 0.2) is 48.5 Å². The van der Waals surface area contributed by atoms with Crippen molar-refractivity contribution in [2.45, 2.75) is 19.5 Å². The molecular formula is C23H25F3N2O4. The van der Waals surface area contributed by atoms with Gasteiger partial charge in [-0.25, -0.2) is 0 Å². The number of nitrogens with zero attached hydrogens (tertiary/aromatic N) is 2. The minimum Gasteiger partial charge on any atom is -0.493 e. The smallest absolute Gasteiger partial charge is 0.416 e. The normalized spacial score (nSPS) is 14.2. The molecule has 0 N–H and O–H groups in total. The van der Waals surface area contributed by atoms with Gasteiger partial charge in [0.2, 0.25) is 0 Å². The van der Waals surface area contributed by atoms with Crippen molar-refractivity contribution < 1.29 is 32.2 Å². The summed E-state index contributed by atoms with van der Waals surface area (Å²) in [6.45, 7) is 3.20. The standard InChI is InChI=1S/C23H25F3N2O4/c1-17-5-7-20(8-6-17)31-14-9-22(30)32-16-21(29)28-12-10-27(11-13-28)19-4-2-3-18(15-19)23(24,25)26/h2-8,15H,9-14,16H2,1H3. The fourth-order valence-corrected chi connectivity index (χ4v) is 3.29. The van der Waals surface area contributed by atoms with Crippen LogP contribution in [0.3, 0.4) is 0 Å². The lowest BCUT2D eigenvalue weighted by atomic mass is 10.1. The quantitative estimate of drug-likeness (QED) is 0.603. The Morgan fingerprint density at radius 2 is 1.69 bits per heavy atom. The summed E-state index contributed by atoms with van der Waals surface area (Å²) in [5.41, 5.74) is 0.865. The Kier molecular flexibility index (Phi) is 7.61. The fraction of sp³-hybridized carbons (Fsp3) is 0.391. The molecule has 1 aliphatic rings. The number of aryl methyl sites for hydroxylation is 1. The second-order valence-corrected chi connectivity index (χ2v) is 7.49. The van der Waals surface area contributed by atoms with Crippen molar-refractivity contribution >= 4 is 17.6 Å². The molecule has 1 amide bonds. The maximum Gasteiger partial charge on any atom is 0.416 e. The third-order valence-electron chi connectivity index (χ3n) is 5.12. The van der Waals surface area contributed by atoms with Gasteiger partial charge < -0.3 is 19.3 Å². The molecule has 0 aromatic heterocycles. The molecule has 172 valence electrons. The molecular weight excluding hydrogens is 425 g/mol. The van der Waals surface area contributed by atoms with Crippen LogP contribution in [0.1, 0.15) is 17.5 Å². The molecule has 2 aromatic carbocycles. The first-order chi connectivity index (χ1) is 15.2. The molecule has 0 saturated carbocycles. The van der Waals surface area contributed by atoms with Gasteiger partial charge in [-0.3, -0.25) is 9.59 Å². The van der Waals surface area contributed by atoms with Crippen LogP contribution in [-0.4, -0.2) is 56.2 Å². The fourth-order valence-electron chi connectivity index (χ4n) is 3.29. The van der Waals surface area contributed by atoms with Gasteiger partial charge >= 0.3 is 12.1 Å². The number of carbonyl (C=O) groups is 2. The molecule has 9 heteroatoms. The molecule has 0 atom stereocenters. The average Bonchev–Trinajstić information content (AvgIpc) is 2.78. The number of carbonyl (C=O) groups excluding carboxylic acids is 2. The Morgan fingerprint density at radius 3 is 2.34 bits per heavy atom. The van der Waals surface area contributed by atoms with Crippen LogP contribution in [0, 0.1) is 6.92 Å². The number of piperazine rings is 1. The van der Waals surface area contributed by atoms with Crippen LogP contribution in [0.2, 0.25) is 0 Å². The maximum absolute atomic E-state index is 12.9. The predicted octanol–water partition coefficient (Wildman–Crippen LogP) is 3.67. The zero-order valence-corrected chi connectivity index (χ0v) is 17.7. The van der Waals surface area contributed by atoms with E-state index >= 15 is 0 Å². The summed E-state index contributed by atoms with van der Waals surface area (Å²) >= 11 is 0. The summed E-state index contributed by atoms with van der Waals surface area (Å²) in [5, 5.41) is 0. The maximum atomic E-state index is 12.9. The SMILES string of the molecule is Cc1ccc(OCCC(=O)OCC(=O)N2CCN(c3cccc(C(F)(F)F)c3)CC2)cc1. The number of halogens is 3.